The van der Waals surface area contributed by atoms with E-state index in [4.69, 9.17) is 29.9 Å². The molecule has 2 unspecified atom stereocenters. The molecule has 8 aliphatic rings. The van der Waals surface area contributed by atoms with Gasteiger partial charge in [0.25, 0.3) is 0 Å². The number of ether oxygens (including phenoxy) is 3. The van der Waals surface area contributed by atoms with E-state index >= 15 is 0 Å². The van der Waals surface area contributed by atoms with Crippen molar-refractivity contribution in [2.45, 2.75) is 107 Å². The summed E-state index contributed by atoms with van der Waals surface area (Å²) in [6.45, 7) is 7.91. The highest BCUT2D eigenvalue weighted by molar-refractivity contribution is 7.07. The van der Waals surface area contributed by atoms with Crippen LogP contribution in [-0.4, -0.2) is 126 Å². The van der Waals surface area contributed by atoms with E-state index in [0.29, 0.717) is 50.4 Å². The van der Waals surface area contributed by atoms with E-state index in [1.54, 1.807) is 36.3 Å². The number of ketones is 2. The van der Waals surface area contributed by atoms with E-state index in [1.165, 1.54) is 33.4 Å². The Morgan fingerprint density at radius 2 is 1.05 bits per heavy atom. The van der Waals surface area contributed by atoms with Crippen LogP contribution >= 0.6 is 11.3 Å². The lowest BCUT2D eigenvalue weighted by atomic mass is 9.75. The molecule has 8 heterocycles. The van der Waals surface area contributed by atoms with E-state index in [2.05, 4.69) is 87.3 Å². The number of nitrogens with zero attached hydrogens (tertiary/aromatic N) is 11. The van der Waals surface area contributed by atoms with Crippen LogP contribution in [0.25, 0.3) is 44.8 Å². The molecule has 0 saturated heterocycles. The Labute approximate surface area is 503 Å². The number of nitrogens with two attached hydrogens (primary N) is 1. The molecule has 8 aromatic rings. The average molecular weight is 1160 g/mol. The molecule has 0 radical (unpaired) electrons. The van der Waals surface area contributed by atoms with Gasteiger partial charge in [0.15, 0.2) is 46.3 Å². The molecule has 0 saturated carbocycles. The normalized spacial score (nSPS) is 23.5. The number of thiazole rings is 1. The largest absolute Gasteiger partial charge is 0.479 e. The van der Waals surface area contributed by atoms with Crippen molar-refractivity contribution in [3.05, 3.63) is 190 Å². The molecule has 4 atom stereocenters. The first-order valence-electron chi connectivity index (χ1n) is 29.3. The minimum Gasteiger partial charge on any atom is -0.479 e. The Morgan fingerprint density at radius 3 is 1.60 bits per heavy atom. The second-order valence-corrected chi connectivity index (χ2v) is 24.2. The van der Waals surface area contributed by atoms with Crippen LogP contribution in [0, 0.1) is 0 Å². The molecule has 2 N–H and O–H groups in total. The van der Waals surface area contributed by atoms with Gasteiger partial charge in [-0.2, -0.15) is 0 Å². The molecule has 16 rings (SSSR count). The fraction of sp³-hybridized carbons (Fsp3) is 0.324. The number of hydrogen-bond donors (Lipinski definition) is 1. The Hall–Kier alpha value is -9.16. The summed E-state index contributed by atoms with van der Waals surface area (Å²) >= 11 is 1.57. The number of likely N-dealkylation sites (N-methyl/N-ethyl adjacent to an activating group) is 1. The van der Waals surface area contributed by atoms with Crippen molar-refractivity contribution in [3.63, 3.8) is 0 Å². The van der Waals surface area contributed by atoms with Gasteiger partial charge < -0.3 is 24.8 Å². The smallest absolute Gasteiger partial charge is 0.194 e. The van der Waals surface area contributed by atoms with Crippen molar-refractivity contribution in [2.24, 2.45) is 25.7 Å². The van der Waals surface area contributed by atoms with Gasteiger partial charge in [-0.25, -0.2) is 34.9 Å². The van der Waals surface area contributed by atoms with Crippen molar-refractivity contribution in [2.75, 3.05) is 33.4 Å². The van der Waals surface area contributed by atoms with Gasteiger partial charge in [0.2, 0.25) is 0 Å². The predicted molar refractivity (Wildman–Crippen MR) is 334 cm³/mol. The van der Waals surface area contributed by atoms with Crippen LogP contribution in [0.4, 0.5) is 0 Å². The highest BCUT2D eigenvalue weighted by atomic mass is 32.1. The zero-order valence-electron chi connectivity index (χ0n) is 48.7. The summed E-state index contributed by atoms with van der Waals surface area (Å²) < 4.78 is 16.5. The molecule has 86 heavy (non-hydrogen) atoms. The Bertz CT molecular complexity index is 4030. The molecule has 18 heteroatoms. The first-order chi connectivity index (χ1) is 41.8. The third-order valence-electron chi connectivity index (χ3n) is 17.9. The molecule has 0 bridgehead atoms. The van der Waals surface area contributed by atoms with Gasteiger partial charge in [-0.1, -0.05) is 78.9 Å². The summed E-state index contributed by atoms with van der Waals surface area (Å²) in [6.07, 6.45) is 23.3. The molecule has 0 fully saturated rings. The summed E-state index contributed by atoms with van der Waals surface area (Å²) in [6, 6.07) is 28.7. The third-order valence-corrected chi connectivity index (χ3v) is 18.5. The summed E-state index contributed by atoms with van der Waals surface area (Å²) in [7, 11) is 2.01. The molecule has 17 nitrogen and oxygen atoms in total. The van der Waals surface area contributed by atoms with Crippen molar-refractivity contribution in [3.8, 4) is 44.8 Å². The number of benzene rings is 4. The third kappa shape index (κ3) is 10.7. The van der Waals surface area contributed by atoms with Crippen LogP contribution < -0.4 is 5.73 Å². The van der Waals surface area contributed by atoms with E-state index in [1.807, 2.05) is 106 Å². The van der Waals surface area contributed by atoms with Crippen LogP contribution in [0.1, 0.15) is 101 Å². The maximum atomic E-state index is 13.0. The molecule has 4 aliphatic heterocycles. The van der Waals surface area contributed by atoms with Crippen molar-refractivity contribution in [1.82, 2.24) is 34.8 Å². The zero-order chi connectivity index (χ0) is 59.0. The van der Waals surface area contributed by atoms with E-state index in [-0.39, 0.29) is 22.6 Å². The van der Waals surface area contributed by atoms with Gasteiger partial charge in [0, 0.05) is 123 Å². The number of guanidine groups is 1. The summed E-state index contributed by atoms with van der Waals surface area (Å²) in [5.41, 5.74) is 24.1. The quantitative estimate of drug-likeness (QED) is 0.174. The number of hydrogen-bond acceptors (Lipinski definition) is 18. The molecule has 434 valence electrons. The number of Topliss-reactive ketones (excluding diaryl/α,β-unsaturated/α-hetero) is 2. The Kier molecular flexibility index (Phi) is 15.0. The standard InChI is InChI=1S/C18H16N2O2.C17H19N5.C17H17N3O.C16H14N2O2S/c1-12-20-18(11-22-12)8-7-15-14(13-4-3-9-19-10-13)5-2-6-16(15)17(18)21;1-22-10-17(21-16(22)18)6-5-12-3-2-4-14(15(12)7-17)13-8-19-11-20-9-13;1-12-20-17(11-21-12)6-5-13-3-2-4-14(15(13)9-17)16-10-18-7-8-19-16;1-10-18-16(8-20-10)6-5-11-12(14-7-21-9-17-14)3-2-4-13(11)15(16)19/h2-6,9-10H,7-8,11H2,1H3;2-4,8-9,11H,5-7,10H2,1H3,(H2,18,21);2-4,7-8,10H,5-6,9,11H2,1H3;2-4,7,9H,5-6,8H2,1H3/t;;17-;16-/m..00/s1. The topological polar surface area (TPSA) is 218 Å². The fourth-order valence-electron chi connectivity index (χ4n) is 13.7. The number of carbonyl (C=O) groups is 2. The maximum Gasteiger partial charge on any atom is 0.194 e. The second kappa shape index (κ2) is 23.0. The lowest BCUT2D eigenvalue weighted by Gasteiger charge is -2.33. The molecule has 4 aromatic heterocycles. The number of aromatic nitrogens is 6. The molecule has 4 aliphatic carbocycles. The van der Waals surface area contributed by atoms with Gasteiger partial charge in [-0.15, -0.1) is 11.3 Å². The number of aliphatic imine (C=N–C) groups is 4. The van der Waals surface area contributed by atoms with Gasteiger partial charge in [-0.05, 0) is 102 Å². The lowest BCUT2D eigenvalue weighted by molar-refractivity contribution is 0.0828. The summed E-state index contributed by atoms with van der Waals surface area (Å²) in [5, 5.41) is 2.02. The summed E-state index contributed by atoms with van der Waals surface area (Å²) in [4.78, 5) is 72.0. The van der Waals surface area contributed by atoms with Crippen LogP contribution in [0.3, 0.4) is 0 Å². The van der Waals surface area contributed by atoms with Crippen LogP contribution in [-0.2, 0) is 52.7 Å². The average Bonchev–Trinajstić information content (AvgIpc) is 1.60. The van der Waals surface area contributed by atoms with Gasteiger partial charge >= 0.3 is 0 Å². The lowest BCUT2D eigenvalue weighted by Crippen LogP contribution is -2.42. The molecule has 4 aromatic carbocycles. The SMILES string of the molecule is CC1=NC2(CCc3c(cccc3-c3cccnc3)C2=O)CO1.CC1=N[C@@]2(CCc3c(cccc3-c3cscn3)C2=O)CO1.CC1=N[C@]2(CCc3cccc(-c4cnccn4)c3C2)CO1.CN1CC2(CCc3cccc(-c4cncnc4)c3C2)N=C1N. The highest BCUT2D eigenvalue weighted by Crippen LogP contribution is 2.43. The maximum absolute atomic E-state index is 13.0. The fourth-order valence-corrected chi connectivity index (χ4v) is 14.2. The van der Waals surface area contributed by atoms with E-state index < -0.39 is 11.1 Å². The van der Waals surface area contributed by atoms with E-state index in [9.17, 15) is 9.59 Å². The van der Waals surface area contributed by atoms with Gasteiger partial charge in [0.05, 0.1) is 28.6 Å². The predicted octanol–water partition coefficient (Wildman–Crippen LogP) is 10.6. The number of aryl methyl sites for hydroxylation is 2. The van der Waals surface area contributed by atoms with Crippen LogP contribution in [0.5, 0.6) is 0 Å². The Morgan fingerprint density at radius 1 is 0.500 bits per heavy atom. The number of carbonyl (C=O) groups excluding carboxylic acids is 2. The number of fused-ring (bicyclic) bond motifs is 4. The summed E-state index contributed by atoms with van der Waals surface area (Å²) in [5.74, 6) is 2.86. The highest BCUT2D eigenvalue weighted by Gasteiger charge is 2.49. The molecular formula is C68H66N12O5S. The first-order valence-corrected chi connectivity index (χ1v) is 30.3. The van der Waals surface area contributed by atoms with Crippen LogP contribution in [0.2, 0.25) is 0 Å². The van der Waals surface area contributed by atoms with E-state index in [0.717, 1.165) is 120 Å². The molecular weight excluding hydrogens is 1100 g/mol. The zero-order valence-corrected chi connectivity index (χ0v) is 49.5. The second-order valence-electron chi connectivity index (χ2n) is 23.5. The molecule has 4 spiro atoms. The number of pyridine rings is 1. The Balaban J connectivity index is 0.000000106. The minimum atomic E-state index is -0.704. The van der Waals surface area contributed by atoms with Crippen LogP contribution in [0.15, 0.2) is 165 Å². The number of rotatable bonds is 4. The monoisotopic (exact) mass is 1160 g/mol. The molecule has 0 amide bonds. The van der Waals surface area contributed by atoms with Crippen molar-refractivity contribution < 1.29 is 23.8 Å². The van der Waals surface area contributed by atoms with Crippen molar-refractivity contribution in [1.29, 1.82) is 0 Å². The minimum absolute atomic E-state index is 0.0719. The van der Waals surface area contributed by atoms with Gasteiger partial charge in [-0.3, -0.25) is 24.5 Å². The van der Waals surface area contributed by atoms with Crippen molar-refractivity contribution >= 4 is 46.6 Å². The van der Waals surface area contributed by atoms with Gasteiger partial charge in [0.1, 0.15) is 31.7 Å². The first kappa shape index (κ1) is 56.0.